The fraction of sp³-hybridized carbons (Fsp3) is 0.235. The van der Waals surface area contributed by atoms with E-state index in [1.165, 1.54) is 26.4 Å². The number of sulfonamides is 1. The SMILES string of the molecule is COc1ccc(NC(=O)CCNS(=O)(=O)c2ccccc2)c(OC)c1. The van der Waals surface area contributed by atoms with Crippen LogP contribution in [0.25, 0.3) is 0 Å². The molecule has 134 valence electrons. The van der Waals surface area contributed by atoms with Gasteiger partial charge in [0.15, 0.2) is 0 Å². The van der Waals surface area contributed by atoms with Gasteiger partial charge in [0.2, 0.25) is 15.9 Å². The molecule has 0 saturated carbocycles. The van der Waals surface area contributed by atoms with Gasteiger partial charge in [-0.2, -0.15) is 0 Å². The second-order valence-corrected chi connectivity index (χ2v) is 6.84. The third kappa shape index (κ3) is 5.20. The number of benzene rings is 2. The molecule has 0 aromatic heterocycles. The molecular weight excluding hydrogens is 344 g/mol. The zero-order valence-electron chi connectivity index (χ0n) is 14.0. The third-order valence-electron chi connectivity index (χ3n) is 3.38. The van der Waals surface area contributed by atoms with Crippen molar-refractivity contribution in [1.29, 1.82) is 0 Å². The van der Waals surface area contributed by atoms with Gasteiger partial charge in [-0.1, -0.05) is 18.2 Å². The molecule has 0 aliphatic carbocycles. The minimum Gasteiger partial charge on any atom is -0.497 e. The van der Waals surface area contributed by atoms with Gasteiger partial charge in [0.1, 0.15) is 11.5 Å². The van der Waals surface area contributed by atoms with Gasteiger partial charge in [-0.3, -0.25) is 4.79 Å². The molecule has 0 bridgehead atoms. The first kappa shape index (κ1) is 18.8. The minimum absolute atomic E-state index is 0.0124. The van der Waals surface area contributed by atoms with Crippen molar-refractivity contribution in [2.24, 2.45) is 0 Å². The van der Waals surface area contributed by atoms with Crippen LogP contribution in [0.1, 0.15) is 6.42 Å². The van der Waals surface area contributed by atoms with E-state index in [1.807, 2.05) is 0 Å². The molecule has 1 amide bonds. The molecular formula is C17H20N2O5S. The number of carbonyl (C=O) groups is 1. The highest BCUT2D eigenvalue weighted by molar-refractivity contribution is 7.89. The molecule has 7 nitrogen and oxygen atoms in total. The molecule has 0 atom stereocenters. The van der Waals surface area contributed by atoms with E-state index >= 15 is 0 Å². The first-order chi connectivity index (χ1) is 12.0. The summed E-state index contributed by atoms with van der Waals surface area (Å²) in [6, 6.07) is 13.0. The van der Waals surface area contributed by atoms with Crippen LogP contribution >= 0.6 is 0 Å². The van der Waals surface area contributed by atoms with Crippen LogP contribution in [0.5, 0.6) is 11.5 Å². The molecule has 0 aliphatic rings. The second-order valence-electron chi connectivity index (χ2n) is 5.08. The van der Waals surface area contributed by atoms with E-state index in [-0.39, 0.29) is 23.8 Å². The van der Waals surface area contributed by atoms with Gasteiger partial charge < -0.3 is 14.8 Å². The molecule has 8 heteroatoms. The molecule has 0 fully saturated rings. The Morgan fingerprint density at radius 1 is 1.04 bits per heavy atom. The van der Waals surface area contributed by atoms with Crippen LogP contribution in [-0.2, 0) is 14.8 Å². The second kappa shape index (κ2) is 8.50. The van der Waals surface area contributed by atoms with Gasteiger partial charge in [-0.25, -0.2) is 13.1 Å². The minimum atomic E-state index is -3.62. The highest BCUT2D eigenvalue weighted by Crippen LogP contribution is 2.29. The molecule has 2 N–H and O–H groups in total. The maximum atomic E-state index is 12.1. The van der Waals surface area contributed by atoms with Crippen molar-refractivity contribution in [3.8, 4) is 11.5 Å². The Balaban J connectivity index is 1.91. The maximum absolute atomic E-state index is 12.1. The summed E-state index contributed by atoms with van der Waals surface area (Å²) in [4.78, 5) is 12.2. The number of amides is 1. The standard InChI is InChI=1S/C17H20N2O5S/c1-23-13-8-9-15(16(12-13)24-2)19-17(20)10-11-18-25(21,22)14-6-4-3-5-7-14/h3-9,12,18H,10-11H2,1-2H3,(H,19,20). The number of rotatable bonds is 8. The maximum Gasteiger partial charge on any atom is 0.240 e. The van der Waals surface area contributed by atoms with Crippen LogP contribution in [0.15, 0.2) is 53.4 Å². The number of methoxy groups -OCH3 is 2. The Labute approximate surface area is 147 Å². The van der Waals surface area contributed by atoms with E-state index in [0.717, 1.165) is 0 Å². The summed E-state index contributed by atoms with van der Waals surface area (Å²) in [6.45, 7) is -0.0124. The normalized spacial score (nSPS) is 11.0. The van der Waals surface area contributed by atoms with Crippen LogP contribution in [0.2, 0.25) is 0 Å². The molecule has 2 rings (SSSR count). The predicted octanol–water partition coefficient (Wildman–Crippen LogP) is 2.01. The average molecular weight is 364 g/mol. The molecule has 0 aliphatic heterocycles. The van der Waals surface area contributed by atoms with Crippen LogP contribution in [0, 0.1) is 0 Å². The molecule has 0 heterocycles. The van der Waals surface area contributed by atoms with Gasteiger partial charge in [0, 0.05) is 19.0 Å². The molecule has 0 unspecified atom stereocenters. The summed E-state index contributed by atoms with van der Waals surface area (Å²) in [5, 5.41) is 2.68. The smallest absolute Gasteiger partial charge is 0.240 e. The average Bonchev–Trinajstić information content (AvgIpc) is 2.62. The Hall–Kier alpha value is -2.58. The molecule has 25 heavy (non-hydrogen) atoms. The Kier molecular flexibility index (Phi) is 6.37. The molecule has 0 spiro atoms. The molecule has 0 radical (unpaired) electrons. The Bertz CT molecular complexity index is 822. The van der Waals surface area contributed by atoms with Crippen molar-refractivity contribution in [3.63, 3.8) is 0 Å². The zero-order valence-corrected chi connectivity index (χ0v) is 14.8. The lowest BCUT2D eigenvalue weighted by atomic mass is 10.2. The lowest BCUT2D eigenvalue weighted by molar-refractivity contribution is -0.116. The van der Waals surface area contributed by atoms with E-state index in [1.54, 1.807) is 36.4 Å². The lowest BCUT2D eigenvalue weighted by Crippen LogP contribution is -2.27. The van der Waals surface area contributed by atoms with E-state index in [0.29, 0.717) is 17.2 Å². The van der Waals surface area contributed by atoms with Crippen molar-refractivity contribution < 1.29 is 22.7 Å². The number of hydrogen-bond donors (Lipinski definition) is 2. The molecule has 2 aromatic rings. The monoisotopic (exact) mass is 364 g/mol. The van der Waals surface area contributed by atoms with Crippen LogP contribution in [0.3, 0.4) is 0 Å². The van der Waals surface area contributed by atoms with Crippen molar-refractivity contribution >= 4 is 21.6 Å². The highest BCUT2D eigenvalue weighted by Gasteiger charge is 2.14. The number of ether oxygens (including phenoxy) is 2. The van der Waals surface area contributed by atoms with Crippen molar-refractivity contribution in [3.05, 3.63) is 48.5 Å². The summed E-state index contributed by atoms with van der Waals surface area (Å²) >= 11 is 0. The lowest BCUT2D eigenvalue weighted by Gasteiger charge is -2.12. The first-order valence-electron chi connectivity index (χ1n) is 7.53. The first-order valence-corrected chi connectivity index (χ1v) is 9.01. The van der Waals surface area contributed by atoms with Gasteiger partial charge in [0.05, 0.1) is 24.8 Å². The zero-order chi connectivity index (χ0) is 18.3. The van der Waals surface area contributed by atoms with E-state index in [9.17, 15) is 13.2 Å². The fourth-order valence-corrected chi connectivity index (χ4v) is 3.15. The highest BCUT2D eigenvalue weighted by atomic mass is 32.2. The van der Waals surface area contributed by atoms with Gasteiger partial charge in [-0.05, 0) is 24.3 Å². The van der Waals surface area contributed by atoms with Gasteiger partial charge >= 0.3 is 0 Å². The topological polar surface area (TPSA) is 93.7 Å². The summed E-state index contributed by atoms with van der Waals surface area (Å²) in [5.74, 6) is 0.724. The Morgan fingerprint density at radius 2 is 1.76 bits per heavy atom. The fourth-order valence-electron chi connectivity index (χ4n) is 2.10. The van der Waals surface area contributed by atoms with Crippen LogP contribution in [-0.4, -0.2) is 35.1 Å². The predicted molar refractivity (Wildman–Crippen MR) is 94.4 cm³/mol. The molecule has 2 aromatic carbocycles. The van der Waals surface area contributed by atoms with Gasteiger partial charge in [0.25, 0.3) is 0 Å². The third-order valence-corrected chi connectivity index (χ3v) is 4.86. The summed E-state index contributed by atoms with van der Waals surface area (Å²) in [5.41, 5.74) is 0.485. The van der Waals surface area contributed by atoms with Crippen LogP contribution in [0.4, 0.5) is 5.69 Å². The summed E-state index contributed by atoms with van der Waals surface area (Å²) in [7, 11) is -0.604. The number of carbonyl (C=O) groups excluding carboxylic acids is 1. The largest absolute Gasteiger partial charge is 0.497 e. The van der Waals surface area contributed by atoms with Gasteiger partial charge in [-0.15, -0.1) is 0 Å². The van der Waals surface area contributed by atoms with E-state index in [2.05, 4.69) is 10.0 Å². The van der Waals surface area contributed by atoms with Crippen molar-refractivity contribution in [2.45, 2.75) is 11.3 Å². The van der Waals surface area contributed by atoms with E-state index < -0.39 is 10.0 Å². The number of hydrogen-bond acceptors (Lipinski definition) is 5. The summed E-state index contributed by atoms with van der Waals surface area (Å²) < 4.78 is 36.8. The van der Waals surface area contributed by atoms with Crippen molar-refractivity contribution in [1.82, 2.24) is 4.72 Å². The number of nitrogens with one attached hydrogen (secondary N) is 2. The quantitative estimate of drug-likeness (QED) is 0.747. The molecule has 0 saturated heterocycles. The summed E-state index contributed by atoms with van der Waals surface area (Å²) in [6.07, 6.45) is -0.0127. The Morgan fingerprint density at radius 3 is 2.40 bits per heavy atom. The number of anilines is 1. The van der Waals surface area contributed by atoms with E-state index in [4.69, 9.17) is 9.47 Å². The van der Waals surface area contributed by atoms with Crippen molar-refractivity contribution in [2.75, 3.05) is 26.1 Å². The van der Waals surface area contributed by atoms with Crippen LogP contribution < -0.4 is 19.5 Å².